The first-order valence-corrected chi connectivity index (χ1v) is 9.03. The van der Waals surface area contributed by atoms with E-state index in [-0.39, 0.29) is 42.1 Å². The van der Waals surface area contributed by atoms with Gasteiger partial charge in [-0.3, -0.25) is 19.3 Å². The Morgan fingerprint density at radius 2 is 1.48 bits per heavy atom. The zero-order chi connectivity index (χ0) is 20.4. The van der Waals surface area contributed by atoms with Crippen molar-refractivity contribution < 1.29 is 23.5 Å². The molecule has 3 aromatic rings. The van der Waals surface area contributed by atoms with Gasteiger partial charge in [0.1, 0.15) is 18.2 Å². The topological polar surface area (TPSA) is 63.7 Å². The molecule has 0 aromatic heterocycles. The van der Waals surface area contributed by atoms with Gasteiger partial charge >= 0.3 is 0 Å². The lowest BCUT2D eigenvalue weighted by Gasteiger charge is -2.16. The van der Waals surface area contributed by atoms with Gasteiger partial charge in [0.05, 0.1) is 23.2 Å². The van der Waals surface area contributed by atoms with Crippen LogP contribution in [0.25, 0.3) is 0 Å². The maximum absolute atomic E-state index is 13.7. The Morgan fingerprint density at radius 3 is 2.14 bits per heavy atom. The summed E-state index contributed by atoms with van der Waals surface area (Å²) in [5.74, 6) is -1.50. The average molecular weight is 389 g/mol. The van der Waals surface area contributed by atoms with E-state index in [2.05, 4.69) is 0 Å². The summed E-state index contributed by atoms with van der Waals surface area (Å²) < 4.78 is 19.4. The lowest BCUT2D eigenvalue weighted by atomic mass is 10.0. The Kier molecular flexibility index (Phi) is 4.91. The predicted molar refractivity (Wildman–Crippen MR) is 104 cm³/mol. The molecule has 3 aromatic carbocycles. The molecule has 0 spiro atoms. The lowest BCUT2D eigenvalue weighted by molar-refractivity contribution is 0.0630. The second-order valence-corrected chi connectivity index (χ2v) is 6.49. The number of halogens is 1. The number of nitrogens with zero attached hydrogens (tertiary/aromatic N) is 1. The number of fused-ring (bicyclic) bond motifs is 1. The molecular weight excluding hydrogens is 373 g/mol. The van der Waals surface area contributed by atoms with Crippen molar-refractivity contribution in [3.8, 4) is 5.75 Å². The zero-order valence-corrected chi connectivity index (χ0v) is 15.3. The van der Waals surface area contributed by atoms with Crippen LogP contribution in [0.2, 0.25) is 0 Å². The molecule has 1 aliphatic heterocycles. The standard InChI is InChI=1S/C23H16FNO4/c24-16-10-11-20(19(14-16)21(26)15-6-2-1-3-7-15)29-13-12-25-22(27)17-8-4-5-9-18(17)23(25)28/h1-11,14H,12-13H2. The van der Waals surface area contributed by atoms with Crippen LogP contribution in [0.3, 0.4) is 0 Å². The van der Waals surface area contributed by atoms with E-state index in [0.717, 1.165) is 11.0 Å². The molecule has 29 heavy (non-hydrogen) atoms. The summed E-state index contributed by atoms with van der Waals surface area (Å²) in [6.45, 7) is -0.00510. The van der Waals surface area contributed by atoms with Gasteiger partial charge in [0.25, 0.3) is 11.8 Å². The molecule has 1 aliphatic rings. The summed E-state index contributed by atoms with van der Waals surface area (Å²) in [6, 6.07) is 18.8. The number of carbonyl (C=O) groups excluding carboxylic acids is 3. The first-order valence-electron chi connectivity index (χ1n) is 9.03. The minimum absolute atomic E-state index is 0.0166. The first kappa shape index (κ1) is 18.6. The van der Waals surface area contributed by atoms with Crippen LogP contribution in [0.4, 0.5) is 4.39 Å². The Morgan fingerprint density at radius 1 is 0.862 bits per heavy atom. The van der Waals surface area contributed by atoms with Gasteiger partial charge in [-0.05, 0) is 30.3 Å². The summed E-state index contributed by atoms with van der Waals surface area (Å²) >= 11 is 0. The largest absolute Gasteiger partial charge is 0.491 e. The molecule has 0 atom stereocenters. The third kappa shape index (κ3) is 3.52. The van der Waals surface area contributed by atoms with Gasteiger partial charge < -0.3 is 4.74 Å². The van der Waals surface area contributed by atoms with Crippen LogP contribution in [0, 0.1) is 5.82 Å². The number of carbonyl (C=O) groups is 3. The van der Waals surface area contributed by atoms with E-state index in [4.69, 9.17) is 4.74 Å². The highest BCUT2D eigenvalue weighted by molar-refractivity contribution is 6.21. The minimum atomic E-state index is -0.558. The van der Waals surface area contributed by atoms with Crippen LogP contribution in [-0.4, -0.2) is 35.6 Å². The fourth-order valence-electron chi connectivity index (χ4n) is 3.24. The molecular formula is C23H16FNO4. The number of rotatable bonds is 6. The van der Waals surface area contributed by atoms with Crippen molar-refractivity contribution in [3.05, 3.63) is 101 Å². The maximum atomic E-state index is 13.7. The molecule has 0 saturated heterocycles. The predicted octanol–water partition coefficient (Wildman–Crippen LogP) is 3.73. The third-order valence-electron chi connectivity index (χ3n) is 4.67. The summed E-state index contributed by atoms with van der Waals surface area (Å²) in [6.07, 6.45) is 0. The molecule has 0 radical (unpaired) electrons. The number of ether oxygens (including phenoxy) is 1. The molecule has 0 aliphatic carbocycles. The quantitative estimate of drug-likeness (QED) is 0.476. The summed E-state index contributed by atoms with van der Waals surface area (Å²) in [7, 11) is 0. The molecule has 0 unspecified atom stereocenters. The van der Waals surface area contributed by atoms with Gasteiger partial charge in [-0.1, -0.05) is 42.5 Å². The first-order chi connectivity index (χ1) is 14.1. The number of imide groups is 1. The van der Waals surface area contributed by atoms with Crippen LogP contribution in [0.15, 0.2) is 72.8 Å². The van der Waals surface area contributed by atoms with Crippen LogP contribution >= 0.6 is 0 Å². The van der Waals surface area contributed by atoms with Crippen molar-refractivity contribution in [1.82, 2.24) is 4.90 Å². The number of hydrogen-bond donors (Lipinski definition) is 0. The maximum Gasteiger partial charge on any atom is 0.261 e. The lowest BCUT2D eigenvalue weighted by Crippen LogP contribution is -2.33. The number of amides is 2. The summed E-state index contributed by atoms with van der Waals surface area (Å²) in [5, 5.41) is 0. The van der Waals surface area contributed by atoms with Crippen LogP contribution < -0.4 is 4.74 Å². The third-order valence-corrected chi connectivity index (χ3v) is 4.67. The van der Waals surface area contributed by atoms with Crippen molar-refractivity contribution in [1.29, 1.82) is 0 Å². The van der Waals surface area contributed by atoms with Gasteiger partial charge in [0.2, 0.25) is 0 Å². The fourth-order valence-corrected chi connectivity index (χ4v) is 3.24. The molecule has 0 fully saturated rings. The molecule has 144 valence electrons. The average Bonchev–Trinajstić information content (AvgIpc) is 3.00. The van der Waals surface area contributed by atoms with E-state index >= 15 is 0 Å². The molecule has 2 amide bonds. The van der Waals surface area contributed by atoms with E-state index in [0.29, 0.717) is 16.7 Å². The second kappa shape index (κ2) is 7.67. The summed E-state index contributed by atoms with van der Waals surface area (Å²) in [5.41, 5.74) is 1.21. The van der Waals surface area contributed by atoms with Gasteiger partial charge in [-0.15, -0.1) is 0 Å². The van der Waals surface area contributed by atoms with Crippen LogP contribution in [0.5, 0.6) is 5.75 Å². The highest BCUT2D eigenvalue weighted by atomic mass is 19.1. The highest BCUT2D eigenvalue weighted by Gasteiger charge is 2.34. The SMILES string of the molecule is O=C(c1ccccc1)c1cc(F)ccc1OCCN1C(=O)c2ccccc2C1=O. The van der Waals surface area contributed by atoms with Crippen molar-refractivity contribution in [3.63, 3.8) is 0 Å². The van der Waals surface area contributed by atoms with Crippen molar-refractivity contribution in [2.75, 3.05) is 13.2 Å². The smallest absolute Gasteiger partial charge is 0.261 e. The van der Waals surface area contributed by atoms with E-state index in [1.807, 2.05) is 0 Å². The molecule has 0 saturated carbocycles. The molecule has 6 heteroatoms. The van der Waals surface area contributed by atoms with Gasteiger partial charge in [-0.25, -0.2) is 4.39 Å². The summed E-state index contributed by atoms with van der Waals surface area (Å²) in [4.78, 5) is 38.6. The molecule has 5 nitrogen and oxygen atoms in total. The van der Waals surface area contributed by atoms with E-state index in [1.54, 1.807) is 54.6 Å². The normalized spacial score (nSPS) is 12.8. The number of hydrogen-bond acceptors (Lipinski definition) is 4. The fraction of sp³-hybridized carbons (Fsp3) is 0.0870. The Hall–Kier alpha value is -3.80. The highest BCUT2D eigenvalue weighted by Crippen LogP contribution is 2.25. The molecule has 0 bridgehead atoms. The minimum Gasteiger partial charge on any atom is -0.491 e. The van der Waals surface area contributed by atoms with E-state index < -0.39 is 5.82 Å². The molecule has 1 heterocycles. The Bertz CT molecular complexity index is 1080. The van der Waals surface area contributed by atoms with E-state index in [9.17, 15) is 18.8 Å². The molecule has 4 rings (SSSR count). The van der Waals surface area contributed by atoms with Crippen molar-refractivity contribution >= 4 is 17.6 Å². The van der Waals surface area contributed by atoms with Crippen LogP contribution in [-0.2, 0) is 0 Å². The molecule has 0 N–H and O–H groups in total. The number of benzene rings is 3. The Labute approximate surface area is 166 Å². The van der Waals surface area contributed by atoms with Gasteiger partial charge in [0.15, 0.2) is 5.78 Å². The zero-order valence-electron chi connectivity index (χ0n) is 15.3. The van der Waals surface area contributed by atoms with Crippen molar-refractivity contribution in [2.24, 2.45) is 0 Å². The second-order valence-electron chi connectivity index (χ2n) is 6.49. The Balaban J connectivity index is 1.49. The van der Waals surface area contributed by atoms with Gasteiger partial charge in [-0.2, -0.15) is 0 Å². The van der Waals surface area contributed by atoms with Gasteiger partial charge in [0, 0.05) is 5.56 Å². The van der Waals surface area contributed by atoms with Crippen LogP contribution in [0.1, 0.15) is 36.6 Å². The monoisotopic (exact) mass is 389 g/mol. The number of ketones is 1. The van der Waals surface area contributed by atoms with E-state index in [1.165, 1.54) is 12.1 Å². The van der Waals surface area contributed by atoms with Crippen molar-refractivity contribution in [2.45, 2.75) is 0 Å².